The average Bonchev–Trinajstić information content (AvgIpc) is 2.58. The quantitative estimate of drug-likeness (QED) is 0.719. The van der Waals surface area contributed by atoms with Gasteiger partial charge in [-0.1, -0.05) is 20.3 Å². The Hall–Kier alpha value is -0.900. The van der Waals surface area contributed by atoms with Crippen LogP contribution < -0.4 is 0 Å². The lowest BCUT2D eigenvalue weighted by Crippen LogP contribution is -2.64. The van der Waals surface area contributed by atoms with E-state index in [4.69, 9.17) is 4.74 Å². The normalized spacial score (nSPS) is 53.4. The van der Waals surface area contributed by atoms with Gasteiger partial charge in [-0.2, -0.15) is 0 Å². The second kappa shape index (κ2) is 5.56. The molecule has 146 valence electrons. The lowest BCUT2D eigenvalue weighted by molar-refractivity contribution is -0.211. The highest BCUT2D eigenvalue weighted by molar-refractivity contribution is 5.85. The number of aliphatic hydroxyl groups is 1. The fraction of sp³-hybridized carbons (Fsp3) is 0.909. The van der Waals surface area contributed by atoms with Gasteiger partial charge in [0.25, 0.3) is 0 Å². The van der Waals surface area contributed by atoms with Gasteiger partial charge in [-0.3, -0.25) is 9.59 Å². The summed E-state index contributed by atoms with van der Waals surface area (Å²) in [5.41, 5.74) is -0.538. The van der Waals surface area contributed by atoms with Crippen LogP contribution in [0.5, 0.6) is 0 Å². The number of ether oxygens (including phenoxy) is 1. The van der Waals surface area contributed by atoms with Crippen LogP contribution in [0.1, 0.15) is 78.6 Å². The molecule has 4 rings (SSSR count). The molecule has 4 aliphatic rings. The number of aliphatic hydroxyl groups excluding tert-OH is 1. The van der Waals surface area contributed by atoms with Gasteiger partial charge in [-0.25, -0.2) is 0 Å². The van der Waals surface area contributed by atoms with Crippen molar-refractivity contribution in [3.05, 3.63) is 0 Å². The monoisotopic (exact) mass is 362 g/mol. The number of hydrogen-bond acceptors (Lipinski definition) is 4. The standard InChI is InChI=1S/C22H34O4/c1-19-10-6-16-20(2)8-5-9-21(3,18(25)26-4)15(20)7-11-22(16,13-19)12-14(23)17(19)24/h15-17,24H,5-13H2,1-4H3/t15-,16-,17?,19-,20+,21+,22-/m0/s1. The second-order valence-electron chi connectivity index (χ2n) is 10.7. The zero-order chi connectivity index (χ0) is 19.0. The predicted molar refractivity (Wildman–Crippen MR) is 98.3 cm³/mol. The molecule has 7 atom stereocenters. The molecule has 2 bridgehead atoms. The highest BCUT2D eigenvalue weighted by Crippen LogP contribution is 2.71. The van der Waals surface area contributed by atoms with E-state index in [0.717, 1.165) is 51.4 Å². The number of Topliss-reactive ketones (excluding diaryl/α,β-unsaturated/α-hetero) is 1. The molecule has 4 fully saturated rings. The molecule has 4 aliphatic carbocycles. The third-order valence-corrected chi connectivity index (χ3v) is 9.35. The summed E-state index contributed by atoms with van der Waals surface area (Å²) in [7, 11) is 1.51. The van der Waals surface area contributed by atoms with E-state index in [9.17, 15) is 14.7 Å². The first-order chi connectivity index (χ1) is 12.1. The molecule has 0 aliphatic heterocycles. The van der Waals surface area contributed by atoms with Gasteiger partial charge in [-0.15, -0.1) is 0 Å². The van der Waals surface area contributed by atoms with Crippen LogP contribution in [0.15, 0.2) is 0 Å². The maximum absolute atomic E-state index is 12.7. The lowest BCUT2D eigenvalue weighted by atomic mass is 9.36. The first-order valence-corrected chi connectivity index (χ1v) is 10.4. The molecule has 4 saturated carbocycles. The van der Waals surface area contributed by atoms with E-state index in [-0.39, 0.29) is 28.0 Å². The zero-order valence-electron chi connectivity index (χ0n) is 16.8. The Morgan fingerprint density at radius 2 is 1.77 bits per heavy atom. The molecule has 0 heterocycles. The number of carbonyl (C=O) groups is 2. The minimum Gasteiger partial charge on any atom is -0.469 e. The molecule has 4 heteroatoms. The van der Waals surface area contributed by atoms with E-state index in [2.05, 4.69) is 20.8 Å². The van der Waals surface area contributed by atoms with E-state index in [1.165, 1.54) is 7.11 Å². The molecule has 0 aromatic carbocycles. The van der Waals surface area contributed by atoms with Crippen molar-refractivity contribution in [3.63, 3.8) is 0 Å². The molecule has 1 spiro atoms. The van der Waals surface area contributed by atoms with Gasteiger partial charge in [0.2, 0.25) is 0 Å². The summed E-state index contributed by atoms with van der Waals surface area (Å²) < 4.78 is 5.22. The van der Waals surface area contributed by atoms with Crippen molar-refractivity contribution in [1.29, 1.82) is 0 Å². The Balaban J connectivity index is 1.74. The molecule has 4 nitrogen and oxygen atoms in total. The lowest BCUT2D eigenvalue weighted by Gasteiger charge is -2.68. The van der Waals surface area contributed by atoms with E-state index in [1.807, 2.05) is 0 Å². The number of carbonyl (C=O) groups excluding carboxylic acids is 2. The van der Waals surface area contributed by atoms with E-state index in [0.29, 0.717) is 18.3 Å². The Morgan fingerprint density at radius 1 is 1.08 bits per heavy atom. The number of hydrogen-bond donors (Lipinski definition) is 1. The van der Waals surface area contributed by atoms with E-state index >= 15 is 0 Å². The third-order valence-electron chi connectivity index (χ3n) is 9.35. The van der Waals surface area contributed by atoms with Crippen molar-refractivity contribution in [1.82, 2.24) is 0 Å². The molecule has 0 aromatic heterocycles. The van der Waals surface area contributed by atoms with E-state index in [1.54, 1.807) is 0 Å². The fourth-order valence-corrected chi connectivity index (χ4v) is 8.32. The maximum atomic E-state index is 12.7. The largest absolute Gasteiger partial charge is 0.469 e. The summed E-state index contributed by atoms with van der Waals surface area (Å²) in [5.74, 6) is 0.804. The summed E-state index contributed by atoms with van der Waals surface area (Å²) in [6, 6.07) is 0. The minimum absolute atomic E-state index is 0.0307. The predicted octanol–water partition coefficient (Wildman–Crippen LogP) is 3.89. The molecule has 1 unspecified atom stereocenters. The molecule has 1 N–H and O–H groups in total. The second-order valence-corrected chi connectivity index (χ2v) is 10.7. The Labute approximate surface area is 157 Å². The van der Waals surface area contributed by atoms with Crippen LogP contribution in [-0.4, -0.2) is 30.1 Å². The third kappa shape index (κ3) is 2.17. The summed E-state index contributed by atoms with van der Waals surface area (Å²) in [5, 5.41) is 10.5. The number of methoxy groups -OCH3 is 1. The molecule has 26 heavy (non-hydrogen) atoms. The van der Waals surface area contributed by atoms with Crippen LogP contribution in [0.25, 0.3) is 0 Å². The average molecular weight is 363 g/mol. The first kappa shape index (κ1) is 18.5. The van der Waals surface area contributed by atoms with Gasteiger partial charge in [0.1, 0.15) is 6.10 Å². The molecule has 0 aromatic rings. The van der Waals surface area contributed by atoms with E-state index < -0.39 is 11.5 Å². The Kier molecular flexibility index (Phi) is 3.95. The van der Waals surface area contributed by atoms with Gasteiger partial charge in [0.15, 0.2) is 5.78 Å². The minimum atomic E-state index is -0.786. The fourth-order valence-electron chi connectivity index (χ4n) is 8.32. The number of rotatable bonds is 1. The Bertz CT molecular complexity index is 644. The topological polar surface area (TPSA) is 63.6 Å². The molecule has 0 saturated heterocycles. The van der Waals surface area contributed by atoms with Crippen LogP contribution in [0.2, 0.25) is 0 Å². The summed E-state index contributed by atoms with van der Waals surface area (Å²) in [6.07, 6.45) is 7.83. The SMILES string of the molecule is COC(=O)[C@]1(C)CCC[C@@]2(C)[C@@H]3CC[C@@]4(C)C[C@]3(CC[C@@H]21)CC(=O)C4O. The highest BCUT2D eigenvalue weighted by Gasteiger charge is 2.67. The number of fused-ring (bicyclic) bond motifs is 3. The van der Waals surface area contributed by atoms with Crippen LogP contribution in [0, 0.1) is 33.5 Å². The summed E-state index contributed by atoms with van der Waals surface area (Å²) >= 11 is 0. The molecule has 0 radical (unpaired) electrons. The Morgan fingerprint density at radius 3 is 2.46 bits per heavy atom. The van der Waals surface area contributed by atoms with Gasteiger partial charge >= 0.3 is 5.97 Å². The van der Waals surface area contributed by atoms with Crippen LogP contribution in [0.3, 0.4) is 0 Å². The number of esters is 1. The first-order valence-electron chi connectivity index (χ1n) is 10.4. The molecular formula is C22H34O4. The van der Waals surface area contributed by atoms with Gasteiger partial charge in [0.05, 0.1) is 12.5 Å². The van der Waals surface area contributed by atoms with Crippen molar-refractivity contribution < 1.29 is 19.4 Å². The van der Waals surface area contributed by atoms with Crippen LogP contribution >= 0.6 is 0 Å². The van der Waals surface area contributed by atoms with Crippen LogP contribution in [0.4, 0.5) is 0 Å². The van der Waals surface area contributed by atoms with Crippen LogP contribution in [-0.2, 0) is 14.3 Å². The van der Waals surface area contributed by atoms with Gasteiger partial charge < -0.3 is 9.84 Å². The zero-order valence-corrected chi connectivity index (χ0v) is 16.8. The number of ketones is 1. The summed E-state index contributed by atoms with van der Waals surface area (Å²) in [6.45, 7) is 6.62. The summed E-state index contributed by atoms with van der Waals surface area (Å²) in [4.78, 5) is 25.4. The maximum Gasteiger partial charge on any atom is 0.311 e. The smallest absolute Gasteiger partial charge is 0.311 e. The van der Waals surface area contributed by atoms with Crippen molar-refractivity contribution in [2.75, 3.05) is 7.11 Å². The van der Waals surface area contributed by atoms with Gasteiger partial charge in [0, 0.05) is 11.8 Å². The molecular weight excluding hydrogens is 328 g/mol. The van der Waals surface area contributed by atoms with Gasteiger partial charge in [-0.05, 0) is 74.5 Å². The van der Waals surface area contributed by atoms with Crippen molar-refractivity contribution in [2.24, 2.45) is 33.5 Å². The van der Waals surface area contributed by atoms with Crippen molar-refractivity contribution in [2.45, 2.75) is 84.7 Å². The molecule has 0 amide bonds. The van der Waals surface area contributed by atoms with Crippen molar-refractivity contribution >= 4 is 11.8 Å². The highest BCUT2D eigenvalue weighted by atomic mass is 16.5. The van der Waals surface area contributed by atoms with Crippen molar-refractivity contribution in [3.8, 4) is 0 Å².